The Morgan fingerprint density at radius 3 is 2.44 bits per heavy atom. The number of hydrogen-bond acceptors (Lipinski definition) is 2. The molecule has 0 aromatic carbocycles. The lowest BCUT2D eigenvalue weighted by Gasteiger charge is -2.07. The van der Waals surface area contributed by atoms with Gasteiger partial charge in [0.05, 0.1) is 10.0 Å². The predicted octanol–water partition coefficient (Wildman–Crippen LogP) is 3.96. The highest BCUT2D eigenvalue weighted by Crippen LogP contribution is 2.32. The van der Waals surface area contributed by atoms with Gasteiger partial charge in [0.25, 0.3) is 0 Å². The smallest absolute Gasteiger partial charge is 0.235 e. The molecule has 2 aromatic heterocycles. The molecule has 2 heterocycles. The molecule has 0 amide bonds. The van der Waals surface area contributed by atoms with Crippen LogP contribution >= 0.6 is 23.2 Å². The highest BCUT2D eigenvalue weighted by molar-refractivity contribution is 6.36. The minimum Gasteiger partial charge on any atom is -0.235 e. The highest BCUT2D eigenvalue weighted by Gasteiger charge is 2.33. The molecule has 0 atom stereocenters. The van der Waals surface area contributed by atoms with Crippen LogP contribution in [0.5, 0.6) is 0 Å². The molecule has 0 aliphatic heterocycles. The lowest BCUT2D eigenvalue weighted by atomic mass is 10.2. The monoisotopic (exact) mass is 266 g/mol. The molecule has 0 aliphatic carbocycles. The fraction of sp³-hybridized carbons (Fsp3) is 0.111. The van der Waals surface area contributed by atoms with Crippen LogP contribution in [0, 0.1) is 0 Å². The number of halogens is 5. The molecular formula is C9H3Cl2F3N2. The van der Waals surface area contributed by atoms with E-state index < -0.39 is 11.9 Å². The Morgan fingerprint density at radius 2 is 1.81 bits per heavy atom. The summed E-state index contributed by atoms with van der Waals surface area (Å²) in [7, 11) is 0. The Bertz CT molecular complexity index is 554. The zero-order chi connectivity index (χ0) is 11.9. The summed E-state index contributed by atoms with van der Waals surface area (Å²) in [6.07, 6.45) is -3.33. The zero-order valence-corrected chi connectivity index (χ0v) is 9.03. The zero-order valence-electron chi connectivity index (χ0n) is 7.52. The minimum absolute atomic E-state index is 0.0766. The first-order chi connectivity index (χ1) is 7.38. The second kappa shape index (κ2) is 3.75. The van der Waals surface area contributed by atoms with E-state index in [2.05, 4.69) is 9.97 Å². The molecule has 0 radical (unpaired) electrons. The molecule has 0 saturated heterocycles. The van der Waals surface area contributed by atoms with Crippen molar-refractivity contribution in [2.24, 2.45) is 0 Å². The fourth-order valence-electron chi connectivity index (χ4n) is 1.19. The molecule has 7 heteroatoms. The molecule has 0 unspecified atom stereocenters. The van der Waals surface area contributed by atoms with Gasteiger partial charge in [0.1, 0.15) is 5.69 Å². The third kappa shape index (κ3) is 2.05. The van der Waals surface area contributed by atoms with Gasteiger partial charge in [0.2, 0.25) is 0 Å². The first-order valence-corrected chi connectivity index (χ1v) is 4.82. The normalized spacial score (nSPS) is 12.1. The van der Waals surface area contributed by atoms with Gasteiger partial charge in [-0.25, -0.2) is 9.97 Å². The molecule has 2 nitrogen and oxygen atoms in total. The largest absolute Gasteiger partial charge is 0.433 e. The van der Waals surface area contributed by atoms with E-state index in [0.29, 0.717) is 5.39 Å². The highest BCUT2D eigenvalue weighted by atomic mass is 35.5. The van der Waals surface area contributed by atoms with E-state index in [9.17, 15) is 13.2 Å². The SMILES string of the molecule is FC(F)(F)c1cc(Cl)c2cc(Cl)cnc2n1. The fourth-order valence-corrected chi connectivity index (χ4v) is 1.59. The minimum atomic E-state index is -4.54. The van der Waals surface area contributed by atoms with Crippen LogP contribution in [0.2, 0.25) is 10.0 Å². The summed E-state index contributed by atoms with van der Waals surface area (Å²) in [6, 6.07) is 2.17. The molecule has 0 bridgehead atoms. The number of nitrogens with zero attached hydrogens (tertiary/aromatic N) is 2. The number of alkyl halides is 3. The average molecular weight is 267 g/mol. The van der Waals surface area contributed by atoms with Gasteiger partial charge in [0.15, 0.2) is 5.65 Å². The number of aromatic nitrogens is 2. The summed E-state index contributed by atoms with van der Waals surface area (Å²) in [5.41, 5.74) is -1.15. The van der Waals surface area contributed by atoms with Gasteiger partial charge < -0.3 is 0 Å². The van der Waals surface area contributed by atoms with Crippen molar-refractivity contribution in [1.82, 2.24) is 9.97 Å². The molecule has 0 saturated carbocycles. The van der Waals surface area contributed by atoms with Gasteiger partial charge in [-0.2, -0.15) is 13.2 Å². The van der Waals surface area contributed by atoms with Crippen LogP contribution in [0.25, 0.3) is 11.0 Å². The van der Waals surface area contributed by atoms with Crippen molar-refractivity contribution in [2.75, 3.05) is 0 Å². The van der Waals surface area contributed by atoms with E-state index in [1.54, 1.807) is 0 Å². The molecule has 2 aromatic rings. The second-order valence-electron chi connectivity index (χ2n) is 3.01. The van der Waals surface area contributed by atoms with E-state index in [1.807, 2.05) is 0 Å². The number of pyridine rings is 2. The number of rotatable bonds is 0. The van der Waals surface area contributed by atoms with Crippen molar-refractivity contribution >= 4 is 34.2 Å². The first kappa shape index (κ1) is 11.4. The second-order valence-corrected chi connectivity index (χ2v) is 3.86. The maximum Gasteiger partial charge on any atom is 0.433 e. The van der Waals surface area contributed by atoms with E-state index in [4.69, 9.17) is 23.2 Å². The molecule has 0 spiro atoms. The van der Waals surface area contributed by atoms with Crippen molar-refractivity contribution in [2.45, 2.75) is 6.18 Å². The Labute approximate surface area is 98.0 Å². The summed E-state index contributed by atoms with van der Waals surface area (Å²) >= 11 is 11.4. The van der Waals surface area contributed by atoms with Gasteiger partial charge in [-0.1, -0.05) is 23.2 Å². The van der Waals surface area contributed by atoms with Gasteiger partial charge in [0, 0.05) is 11.6 Å². The van der Waals surface area contributed by atoms with Gasteiger partial charge in [-0.05, 0) is 12.1 Å². The van der Waals surface area contributed by atoms with Gasteiger partial charge in [-0.15, -0.1) is 0 Å². The summed E-state index contributed by atoms with van der Waals surface area (Å²) in [5.74, 6) is 0. The van der Waals surface area contributed by atoms with E-state index in [0.717, 1.165) is 6.07 Å². The van der Waals surface area contributed by atoms with Crippen LogP contribution in [0.3, 0.4) is 0 Å². The molecule has 0 fully saturated rings. The van der Waals surface area contributed by atoms with E-state index in [1.165, 1.54) is 12.3 Å². The molecule has 0 N–H and O–H groups in total. The van der Waals surface area contributed by atoms with E-state index in [-0.39, 0.29) is 15.7 Å². The van der Waals surface area contributed by atoms with Crippen molar-refractivity contribution in [3.63, 3.8) is 0 Å². The summed E-state index contributed by atoms with van der Waals surface area (Å²) in [4.78, 5) is 7.06. The Kier molecular flexibility index (Phi) is 2.67. The molecule has 84 valence electrons. The lowest BCUT2D eigenvalue weighted by molar-refractivity contribution is -0.141. The van der Waals surface area contributed by atoms with Crippen LogP contribution in [0.1, 0.15) is 5.69 Å². The molecule has 2 rings (SSSR count). The maximum atomic E-state index is 12.4. The maximum absolute atomic E-state index is 12.4. The van der Waals surface area contributed by atoms with Crippen LogP contribution < -0.4 is 0 Å². The van der Waals surface area contributed by atoms with Crippen molar-refractivity contribution in [3.05, 3.63) is 34.1 Å². The van der Waals surface area contributed by atoms with E-state index >= 15 is 0 Å². The van der Waals surface area contributed by atoms with Crippen LogP contribution in [0.4, 0.5) is 13.2 Å². The predicted molar refractivity (Wildman–Crippen MR) is 54.6 cm³/mol. The summed E-state index contributed by atoms with van der Waals surface area (Å²) < 4.78 is 37.2. The first-order valence-electron chi connectivity index (χ1n) is 4.07. The standard InChI is InChI=1S/C9H3Cl2F3N2/c10-4-1-5-6(11)2-7(9(12,13)14)16-8(5)15-3-4/h1-3H. The number of fused-ring (bicyclic) bond motifs is 1. The van der Waals surface area contributed by atoms with Gasteiger partial charge in [-0.3, -0.25) is 0 Å². The van der Waals surface area contributed by atoms with Crippen LogP contribution in [-0.4, -0.2) is 9.97 Å². The average Bonchev–Trinajstić information content (AvgIpc) is 2.17. The third-order valence-electron chi connectivity index (χ3n) is 1.87. The Hall–Kier alpha value is -1.07. The quantitative estimate of drug-likeness (QED) is 0.722. The van der Waals surface area contributed by atoms with Crippen LogP contribution in [-0.2, 0) is 6.18 Å². The van der Waals surface area contributed by atoms with Crippen molar-refractivity contribution in [1.29, 1.82) is 0 Å². The van der Waals surface area contributed by atoms with Crippen molar-refractivity contribution in [3.8, 4) is 0 Å². The van der Waals surface area contributed by atoms with Crippen LogP contribution in [0.15, 0.2) is 18.3 Å². The molecule has 0 aliphatic rings. The number of hydrogen-bond donors (Lipinski definition) is 0. The van der Waals surface area contributed by atoms with Gasteiger partial charge >= 0.3 is 6.18 Å². The molecule has 16 heavy (non-hydrogen) atoms. The Morgan fingerprint density at radius 1 is 1.12 bits per heavy atom. The molecular weight excluding hydrogens is 264 g/mol. The lowest BCUT2D eigenvalue weighted by Crippen LogP contribution is -2.08. The summed E-state index contributed by atoms with van der Waals surface area (Å²) in [5, 5.41) is 0.505. The topological polar surface area (TPSA) is 25.8 Å². The van der Waals surface area contributed by atoms with Crippen molar-refractivity contribution < 1.29 is 13.2 Å². The summed E-state index contributed by atoms with van der Waals surface area (Å²) in [6.45, 7) is 0. The third-order valence-corrected chi connectivity index (χ3v) is 2.39. The Balaban J connectivity index is 2.74.